The van der Waals surface area contributed by atoms with Crippen molar-refractivity contribution in [3.05, 3.63) is 70.5 Å². The molecule has 1 heterocycles. The number of amides is 2. The molecule has 3 rings (SSSR count). The lowest BCUT2D eigenvalue weighted by Crippen LogP contribution is -2.57. The van der Waals surface area contributed by atoms with Crippen molar-refractivity contribution in [2.24, 2.45) is 0 Å². The van der Waals surface area contributed by atoms with Gasteiger partial charge in [-0.15, -0.1) is 0 Å². The summed E-state index contributed by atoms with van der Waals surface area (Å²) in [7, 11) is 0. The Hall–Kier alpha value is -2.40. The molecule has 130 valence electrons. The van der Waals surface area contributed by atoms with Crippen LogP contribution in [0.25, 0.3) is 0 Å². The summed E-state index contributed by atoms with van der Waals surface area (Å²) in [6.45, 7) is 2.38. The Morgan fingerprint density at radius 3 is 2.48 bits per heavy atom. The maximum Gasteiger partial charge on any atom is 0.245 e. The van der Waals surface area contributed by atoms with E-state index in [1.807, 2.05) is 30.3 Å². The highest BCUT2D eigenvalue weighted by molar-refractivity contribution is 6.30. The van der Waals surface area contributed by atoms with Crippen molar-refractivity contribution in [3.63, 3.8) is 0 Å². The molecule has 2 aromatic carbocycles. The Morgan fingerprint density at radius 2 is 1.80 bits per heavy atom. The zero-order chi connectivity index (χ0) is 18.0. The lowest BCUT2D eigenvalue weighted by Gasteiger charge is -2.38. The zero-order valence-electron chi connectivity index (χ0n) is 13.8. The standard InChI is InChI=1S/C19H18ClFN2O2/c1-13-19(25)22(10-14-5-3-2-4-6-14)12-18(24)23(13)11-15-7-8-17(21)16(20)9-15/h2-9,13H,10-12H2,1H3/t13-/m0/s1. The topological polar surface area (TPSA) is 40.6 Å². The third-order valence-electron chi connectivity index (χ3n) is 4.34. The fraction of sp³-hybridized carbons (Fsp3) is 0.263. The van der Waals surface area contributed by atoms with Crippen molar-refractivity contribution in [1.29, 1.82) is 0 Å². The van der Waals surface area contributed by atoms with E-state index in [1.165, 1.54) is 17.0 Å². The molecular weight excluding hydrogens is 343 g/mol. The van der Waals surface area contributed by atoms with Crippen molar-refractivity contribution < 1.29 is 14.0 Å². The van der Waals surface area contributed by atoms with Gasteiger partial charge in [0.25, 0.3) is 0 Å². The van der Waals surface area contributed by atoms with Crippen LogP contribution in [-0.2, 0) is 22.7 Å². The first-order valence-corrected chi connectivity index (χ1v) is 8.39. The van der Waals surface area contributed by atoms with Crippen molar-refractivity contribution in [3.8, 4) is 0 Å². The van der Waals surface area contributed by atoms with Crippen molar-refractivity contribution in [2.45, 2.75) is 26.1 Å². The van der Waals surface area contributed by atoms with E-state index in [-0.39, 0.29) is 29.9 Å². The van der Waals surface area contributed by atoms with E-state index in [1.54, 1.807) is 17.9 Å². The number of nitrogens with zero attached hydrogens (tertiary/aromatic N) is 2. The molecular formula is C19H18ClFN2O2. The second-order valence-corrected chi connectivity index (χ2v) is 6.53. The highest BCUT2D eigenvalue weighted by Crippen LogP contribution is 2.21. The van der Waals surface area contributed by atoms with E-state index in [9.17, 15) is 14.0 Å². The third-order valence-corrected chi connectivity index (χ3v) is 4.63. The molecule has 0 spiro atoms. The van der Waals surface area contributed by atoms with Crippen LogP contribution in [0.5, 0.6) is 0 Å². The van der Waals surface area contributed by atoms with Gasteiger partial charge in [0.1, 0.15) is 18.4 Å². The highest BCUT2D eigenvalue weighted by atomic mass is 35.5. The minimum atomic E-state index is -0.575. The number of halogens is 2. The largest absolute Gasteiger partial charge is 0.327 e. The average Bonchev–Trinajstić information content (AvgIpc) is 2.60. The summed E-state index contributed by atoms with van der Waals surface area (Å²) in [6, 6.07) is 13.3. The molecule has 0 saturated carbocycles. The van der Waals surface area contributed by atoms with Gasteiger partial charge in [-0.1, -0.05) is 48.0 Å². The van der Waals surface area contributed by atoms with Crippen LogP contribution in [0.15, 0.2) is 48.5 Å². The molecule has 1 saturated heterocycles. The maximum absolute atomic E-state index is 13.3. The third kappa shape index (κ3) is 3.82. The number of hydrogen-bond donors (Lipinski definition) is 0. The van der Waals surface area contributed by atoms with E-state index in [0.717, 1.165) is 5.56 Å². The smallest absolute Gasteiger partial charge is 0.245 e. The molecule has 4 nitrogen and oxygen atoms in total. The van der Waals surface area contributed by atoms with Gasteiger partial charge in [0.15, 0.2) is 0 Å². The zero-order valence-corrected chi connectivity index (χ0v) is 14.5. The molecule has 2 aromatic rings. The Balaban J connectivity index is 1.73. The Bertz CT molecular complexity index is 797. The predicted octanol–water partition coefficient (Wildman–Crippen LogP) is 3.24. The van der Waals surface area contributed by atoms with Gasteiger partial charge >= 0.3 is 0 Å². The second-order valence-electron chi connectivity index (χ2n) is 6.13. The molecule has 1 atom stereocenters. The molecule has 0 aromatic heterocycles. The number of carbonyl (C=O) groups excluding carboxylic acids is 2. The maximum atomic E-state index is 13.3. The molecule has 0 N–H and O–H groups in total. The van der Waals surface area contributed by atoms with E-state index < -0.39 is 11.9 Å². The summed E-state index contributed by atoms with van der Waals surface area (Å²) in [5, 5.41) is 0.00615. The monoisotopic (exact) mass is 360 g/mol. The van der Waals surface area contributed by atoms with Gasteiger partial charge in [0.05, 0.1) is 5.02 Å². The fourth-order valence-electron chi connectivity index (χ4n) is 2.94. The minimum absolute atomic E-state index is 0.00615. The van der Waals surface area contributed by atoms with E-state index in [4.69, 9.17) is 11.6 Å². The molecule has 6 heteroatoms. The number of carbonyl (C=O) groups is 2. The molecule has 0 bridgehead atoms. The Kier molecular flexibility index (Phi) is 5.04. The van der Waals surface area contributed by atoms with E-state index in [0.29, 0.717) is 12.1 Å². The van der Waals surface area contributed by atoms with Gasteiger partial charge < -0.3 is 9.80 Å². The molecule has 0 aliphatic carbocycles. The lowest BCUT2D eigenvalue weighted by atomic mass is 10.1. The average molecular weight is 361 g/mol. The fourth-order valence-corrected chi connectivity index (χ4v) is 3.15. The summed E-state index contributed by atoms with van der Waals surface area (Å²) < 4.78 is 13.3. The van der Waals surface area contributed by atoms with Gasteiger partial charge in [-0.2, -0.15) is 0 Å². The van der Waals surface area contributed by atoms with Gasteiger partial charge in [-0.3, -0.25) is 9.59 Å². The van der Waals surface area contributed by atoms with Crippen molar-refractivity contribution >= 4 is 23.4 Å². The van der Waals surface area contributed by atoms with Crippen molar-refractivity contribution in [2.75, 3.05) is 6.54 Å². The second kappa shape index (κ2) is 7.23. The number of rotatable bonds is 4. The Morgan fingerprint density at radius 1 is 1.08 bits per heavy atom. The van der Waals surface area contributed by atoms with Crippen LogP contribution in [-0.4, -0.2) is 34.2 Å². The van der Waals surface area contributed by atoms with Crippen LogP contribution >= 0.6 is 11.6 Å². The van der Waals surface area contributed by atoms with Crippen LogP contribution in [0.4, 0.5) is 4.39 Å². The summed E-state index contributed by atoms with van der Waals surface area (Å²) >= 11 is 5.79. The predicted molar refractivity (Wildman–Crippen MR) is 93.3 cm³/mol. The SMILES string of the molecule is C[C@H]1C(=O)N(Cc2ccccc2)CC(=O)N1Cc1ccc(F)c(Cl)c1. The Labute approximate surface area is 150 Å². The quantitative estimate of drug-likeness (QED) is 0.839. The number of hydrogen-bond acceptors (Lipinski definition) is 2. The summed E-state index contributed by atoms with van der Waals surface area (Å²) in [6.07, 6.45) is 0. The van der Waals surface area contributed by atoms with Crippen LogP contribution in [0.1, 0.15) is 18.1 Å². The molecule has 0 unspecified atom stereocenters. The van der Waals surface area contributed by atoms with Gasteiger partial charge in [-0.25, -0.2) is 4.39 Å². The lowest BCUT2D eigenvalue weighted by molar-refractivity contribution is -0.156. The molecule has 25 heavy (non-hydrogen) atoms. The highest BCUT2D eigenvalue weighted by Gasteiger charge is 2.36. The van der Waals surface area contributed by atoms with Gasteiger partial charge in [0.2, 0.25) is 11.8 Å². The first kappa shape index (κ1) is 17.4. The van der Waals surface area contributed by atoms with Crippen LogP contribution in [0.3, 0.4) is 0 Å². The van der Waals surface area contributed by atoms with Gasteiger partial charge in [-0.05, 0) is 30.2 Å². The van der Waals surface area contributed by atoms with Gasteiger partial charge in [0, 0.05) is 13.1 Å². The minimum Gasteiger partial charge on any atom is -0.327 e. The summed E-state index contributed by atoms with van der Waals surface area (Å²) in [4.78, 5) is 28.2. The molecule has 1 fully saturated rings. The normalized spacial score (nSPS) is 18.0. The van der Waals surface area contributed by atoms with E-state index >= 15 is 0 Å². The molecule has 1 aliphatic heterocycles. The van der Waals surface area contributed by atoms with Crippen LogP contribution in [0, 0.1) is 5.82 Å². The molecule has 1 aliphatic rings. The number of benzene rings is 2. The summed E-state index contributed by atoms with van der Waals surface area (Å²) in [5.41, 5.74) is 1.67. The molecule has 2 amide bonds. The van der Waals surface area contributed by atoms with Crippen LogP contribution in [0.2, 0.25) is 5.02 Å². The first-order valence-electron chi connectivity index (χ1n) is 8.02. The summed E-state index contributed by atoms with van der Waals surface area (Å²) in [5.74, 6) is -0.742. The van der Waals surface area contributed by atoms with Crippen molar-refractivity contribution in [1.82, 2.24) is 9.80 Å². The first-order chi connectivity index (χ1) is 12.0. The number of piperazine rings is 1. The van der Waals surface area contributed by atoms with E-state index in [2.05, 4.69) is 0 Å². The molecule has 0 radical (unpaired) electrons. The van der Waals surface area contributed by atoms with Crippen LogP contribution < -0.4 is 0 Å².